The summed E-state index contributed by atoms with van der Waals surface area (Å²) in [6.07, 6.45) is 0.115. The molecule has 1 unspecified atom stereocenters. The number of nitrogens with two attached hydrogens (primary N) is 1. The smallest absolute Gasteiger partial charge is 0.244 e. The Kier molecular flexibility index (Phi) is 8.28. The van der Waals surface area contributed by atoms with Crippen LogP contribution in [0.1, 0.15) is 16.7 Å². The van der Waals surface area contributed by atoms with Crippen molar-refractivity contribution in [3.63, 3.8) is 0 Å². The summed E-state index contributed by atoms with van der Waals surface area (Å²) in [6, 6.07) is 18.4. The lowest BCUT2D eigenvalue weighted by Crippen LogP contribution is -2.47. The van der Waals surface area contributed by atoms with Gasteiger partial charge in [0.15, 0.2) is 0 Å². The van der Waals surface area contributed by atoms with Crippen LogP contribution in [-0.4, -0.2) is 35.9 Å². The predicted octanol–water partition coefficient (Wildman–Crippen LogP) is 1.86. The number of hydrogen-bond donors (Lipinski definition) is 3. The maximum absolute atomic E-state index is 13.2. The lowest BCUT2D eigenvalue weighted by molar-refractivity contribution is -0.122. The first-order valence-electron chi connectivity index (χ1n) is 10.6. The molecule has 0 aliphatic carbocycles. The molecule has 11 heteroatoms. The molecule has 1 atom stereocenters. The van der Waals surface area contributed by atoms with E-state index in [-0.39, 0.29) is 28.5 Å². The molecule has 0 saturated carbocycles. The largest absolute Gasteiger partial charge is 0.495 e. The molecule has 0 aliphatic rings. The van der Waals surface area contributed by atoms with Gasteiger partial charge >= 0.3 is 0 Å². The molecule has 0 radical (unpaired) electrons. The Hall–Kier alpha value is -3.25. The van der Waals surface area contributed by atoms with Gasteiger partial charge in [-0.1, -0.05) is 48.5 Å². The van der Waals surface area contributed by atoms with Crippen molar-refractivity contribution in [2.45, 2.75) is 35.7 Å². The standard InChI is InChI=1S/C24H27N3O6S2/c1-17-8-13-22(33-2)23(14-17)35(31,32)27-21(15-18-6-4-3-5-7-18)24(28)26-16-19-9-11-20(12-10-19)34(25,29)30/h3-14,21,27H,15-16H2,1-2H3,(H,26,28)(H2,25,29,30). The SMILES string of the molecule is COc1ccc(C)cc1S(=O)(=O)NC(Cc1ccccc1)C(=O)NCc1ccc(S(N)(=O)=O)cc1. The number of primary sulfonamides is 1. The van der Waals surface area contributed by atoms with Gasteiger partial charge in [0, 0.05) is 6.54 Å². The molecule has 0 aliphatic heterocycles. The zero-order valence-electron chi connectivity index (χ0n) is 19.3. The minimum Gasteiger partial charge on any atom is -0.495 e. The van der Waals surface area contributed by atoms with E-state index in [2.05, 4.69) is 10.0 Å². The van der Waals surface area contributed by atoms with Gasteiger partial charge in [-0.05, 0) is 54.3 Å². The molecule has 0 aromatic heterocycles. The average molecular weight is 518 g/mol. The molecule has 0 heterocycles. The lowest BCUT2D eigenvalue weighted by Gasteiger charge is -2.20. The van der Waals surface area contributed by atoms with E-state index in [9.17, 15) is 21.6 Å². The van der Waals surface area contributed by atoms with Gasteiger partial charge < -0.3 is 10.1 Å². The number of nitrogens with one attached hydrogen (secondary N) is 2. The molecular weight excluding hydrogens is 490 g/mol. The van der Waals surface area contributed by atoms with Crippen LogP contribution >= 0.6 is 0 Å². The first kappa shape index (κ1) is 26.4. The molecular formula is C24H27N3O6S2. The first-order valence-corrected chi connectivity index (χ1v) is 13.6. The van der Waals surface area contributed by atoms with E-state index in [1.165, 1.54) is 37.4 Å². The number of aryl methyl sites for hydroxylation is 1. The summed E-state index contributed by atoms with van der Waals surface area (Å²) >= 11 is 0. The summed E-state index contributed by atoms with van der Waals surface area (Å²) in [7, 11) is -6.57. The fraction of sp³-hybridized carbons (Fsp3) is 0.208. The van der Waals surface area contributed by atoms with Crippen molar-refractivity contribution in [2.24, 2.45) is 5.14 Å². The summed E-state index contributed by atoms with van der Waals surface area (Å²) < 4.78 is 57.0. The molecule has 9 nitrogen and oxygen atoms in total. The highest BCUT2D eigenvalue weighted by molar-refractivity contribution is 7.89. The summed E-state index contributed by atoms with van der Waals surface area (Å²) in [6.45, 7) is 1.82. The van der Waals surface area contributed by atoms with Crippen LogP contribution < -0.4 is 19.9 Å². The van der Waals surface area contributed by atoms with Crippen molar-refractivity contribution >= 4 is 26.0 Å². The molecule has 3 aromatic carbocycles. The van der Waals surface area contributed by atoms with E-state index < -0.39 is 32.0 Å². The summed E-state index contributed by atoms with van der Waals surface area (Å²) in [5.74, 6) is -0.378. The molecule has 186 valence electrons. The number of sulfonamides is 2. The molecule has 0 fully saturated rings. The second kappa shape index (κ2) is 11.0. The van der Waals surface area contributed by atoms with Crippen LogP contribution in [-0.2, 0) is 37.8 Å². The van der Waals surface area contributed by atoms with Crippen molar-refractivity contribution in [2.75, 3.05) is 7.11 Å². The number of rotatable bonds is 10. The van der Waals surface area contributed by atoms with Gasteiger partial charge in [-0.2, -0.15) is 4.72 Å². The van der Waals surface area contributed by atoms with Gasteiger partial charge in [0.05, 0.1) is 12.0 Å². The normalized spacial score (nSPS) is 12.7. The van der Waals surface area contributed by atoms with Crippen LogP contribution in [0.2, 0.25) is 0 Å². The van der Waals surface area contributed by atoms with Crippen molar-refractivity contribution in [3.8, 4) is 5.75 Å². The summed E-state index contributed by atoms with van der Waals surface area (Å²) in [4.78, 5) is 13.0. The van der Waals surface area contributed by atoms with Crippen molar-refractivity contribution in [1.29, 1.82) is 0 Å². The van der Waals surface area contributed by atoms with Crippen molar-refractivity contribution in [3.05, 3.63) is 89.5 Å². The Morgan fingerprint density at radius 3 is 2.20 bits per heavy atom. The van der Waals surface area contributed by atoms with E-state index in [1.54, 1.807) is 43.3 Å². The highest BCUT2D eigenvalue weighted by Crippen LogP contribution is 2.25. The van der Waals surface area contributed by atoms with Crippen LogP contribution in [0.25, 0.3) is 0 Å². The number of amides is 1. The van der Waals surface area contributed by atoms with E-state index in [4.69, 9.17) is 9.88 Å². The number of ether oxygens (including phenoxy) is 1. The van der Waals surface area contributed by atoms with E-state index >= 15 is 0 Å². The Balaban J connectivity index is 1.83. The molecule has 1 amide bonds. The topological polar surface area (TPSA) is 145 Å². The van der Waals surface area contributed by atoms with Crippen LogP contribution in [0.3, 0.4) is 0 Å². The molecule has 4 N–H and O–H groups in total. The molecule has 0 saturated heterocycles. The number of methoxy groups -OCH3 is 1. The van der Waals surface area contributed by atoms with Gasteiger partial charge in [-0.15, -0.1) is 0 Å². The van der Waals surface area contributed by atoms with Gasteiger partial charge in [-0.3, -0.25) is 4.79 Å². The predicted molar refractivity (Wildman–Crippen MR) is 132 cm³/mol. The third-order valence-electron chi connectivity index (χ3n) is 5.22. The van der Waals surface area contributed by atoms with Crippen LogP contribution in [0, 0.1) is 6.92 Å². The number of benzene rings is 3. The third-order valence-corrected chi connectivity index (χ3v) is 7.65. The fourth-order valence-corrected chi connectivity index (χ4v) is 5.36. The van der Waals surface area contributed by atoms with Crippen LogP contribution in [0.5, 0.6) is 5.75 Å². The summed E-state index contributed by atoms with van der Waals surface area (Å²) in [5.41, 5.74) is 2.11. The molecule has 3 aromatic rings. The number of carbonyl (C=O) groups is 1. The van der Waals surface area contributed by atoms with Gasteiger partial charge in [0.25, 0.3) is 0 Å². The maximum atomic E-state index is 13.2. The quantitative estimate of drug-likeness (QED) is 0.374. The van der Waals surface area contributed by atoms with Gasteiger partial charge in [0.2, 0.25) is 26.0 Å². The minimum atomic E-state index is -4.11. The van der Waals surface area contributed by atoms with Gasteiger partial charge in [0.1, 0.15) is 16.7 Å². The van der Waals surface area contributed by atoms with E-state index in [0.29, 0.717) is 5.56 Å². The monoisotopic (exact) mass is 517 g/mol. The Labute approximate surface area is 205 Å². The second-order valence-corrected chi connectivity index (χ2v) is 11.2. The fourth-order valence-electron chi connectivity index (χ4n) is 3.39. The summed E-state index contributed by atoms with van der Waals surface area (Å²) in [5, 5.41) is 7.82. The van der Waals surface area contributed by atoms with Crippen molar-refractivity contribution in [1.82, 2.24) is 10.0 Å². The lowest BCUT2D eigenvalue weighted by atomic mass is 10.1. The third kappa shape index (κ3) is 7.12. The van der Waals surface area contributed by atoms with Crippen LogP contribution in [0.4, 0.5) is 0 Å². The highest BCUT2D eigenvalue weighted by atomic mass is 32.2. The highest BCUT2D eigenvalue weighted by Gasteiger charge is 2.28. The van der Waals surface area contributed by atoms with Gasteiger partial charge in [-0.25, -0.2) is 22.0 Å². The zero-order chi connectivity index (χ0) is 25.6. The first-order chi connectivity index (χ1) is 16.5. The zero-order valence-corrected chi connectivity index (χ0v) is 20.9. The van der Waals surface area contributed by atoms with Crippen molar-refractivity contribution < 1.29 is 26.4 Å². The maximum Gasteiger partial charge on any atom is 0.244 e. The molecule has 0 spiro atoms. The molecule has 35 heavy (non-hydrogen) atoms. The number of hydrogen-bond acceptors (Lipinski definition) is 6. The molecule has 3 rings (SSSR count). The Bertz CT molecular complexity index is 1390. The van der Waals surface area contributed by atoms with E-state index in [0.717, 1.165) is 11.1 Å². The van der Waals surface area contributed by atoms with Crippen LogP contribution in [0.15, 0.2) is 82.6 Å². The molecule has 0 bridgehead atoms. The minimum absolute atomic E-state index is 0.0469. The second-order valence-electron chi connectivity index (χ2n) is 7.92. The van der Waals surface area contributed by atoms with E-state index in [1.807, 2.05) is 6.07 Å². The Morgan fingerprint density at radius 2 is 1.60 bits per heavy atom. The Morgan fingerprint density at radius 1 is 0.943 bits per heavy atom. The average Bonchev–Trinajstić information content (AvgIpc) is 2.82. The number of carbonyl (C=O) groups excluding carboxylic acids is 1.